The molecule has 4 nitrogen and oxygen atoms in total. The maximum atomic E-state index is 13.4. The molecule has 0 aliphatic carbocycles. The summed E-state index contributed by atoms with van der Waals surface area (Å²) in [4.78, 5) is 14.0. The molecule has 8 heteroatoms. The highest BCUT2D eigenvalue weighted by molar-refractivity contribution is 8.07. The van der Waals surface area contributed by atoms with Crippen LogP contribution in [0, 0.1) is 0 Å². The van der Waals surface area contributed by atoms with Crippen LogP contribution in [0.15, 0.2) is 68.7 Å². The minimum Gasteiger partial charge on any atom is -0.367 e. The highest BCUT2D eigenvalue weighted by Crippen LogP contribution is 2.43. The second-order valence-corrected chi connectivity index (χ2v) is 9.94. The lowest BCUT2D eigenvalue weighted by molar-refractivity contribution is -0.116. The molecular weight excluding hydrogens is 459 g/mol. The molecule has 2 aliphatic heterocycles. The highest BCUT2D eigenvalue weighted by atomic mass is 35.5. The summed E-state index contributed by atoms with van der Waals surface area (Å²) in [5.74, 6) is 0.508. The number of thioether (sulfide) groups is 2. The number of ether oxygens (including phenoxy) is 1. The maximum Gasteiger partial charge on any atom is 0.202 e. The van der Waals surface area contributed by atoms with E-state index in [1.54, 1.807) is 12.1 Å². The summed E-state index contributed by atoms with van der Waals surface area (Å²) in [5.41, 5.74) is 1.76. The molecule has 2 aromatic rings. The molecule has 30 heavy (non-hydrogen) atoms. The van der Waals surface area contributed by atoms with E-state index in [1.165, 1.54) is 23.5 Å². The average Bonchev–Trinajstić information content (AvgIpc) is 2.76. The van der Waals surface area contributed by atoms with Crippen LogP contribution in [0.2, 0.25) is 10.0 Å². The first-order chi connectivity index (χ1) is 14.6. The molecular formula is C22H20Cl2N2O2S2. The normalized spacial score (nSPS) is 21.9. The number of halogens is 2. The van der Waals surface area contributed by atoms with E-state index in [4.69, 9.17) is 27.9 Å². The Hall–Kier alpha value is -1.31. The summed E-state index contributed by atoms with van der Waals surface area (Å²) in [6.07, 6.45) is 3.13. The average molecular weight is 479 g/mol. The zero-order valence-corrected chi connectivity index (χ0v) is 19.2. The molecule has 0 saturated carbocycles. The summed E-state index contributed by atoms with van der Waals surface area (Å²) in [7, 11) is 0. The first-order valence-electron chi connectivity index (χ1n) is 9.71. The number of rotatable bonds is 6. The van der Waals surface area contributed by atoms with Gasteiger partial charge in [-0.3, -0.25) is 4.79 Å². The fourth-order valence-electron chi connectivity index (χ4n) is 3.22. The Morgan fingerprint density at radius 1 is 1.10 bits per heavy atom. The molecule has 4 rings (SSSR count). The largest absolute Gasteiger partial charge is 0.367 e. The SMILES string of the molecule is O=C1C(SCc2ccc(Cl)cc2Cl)=C(SC2CCCCO2)N=NC1c1ccccc1. The van der Waals surface area contributed by atoms with Crippen LogP contribution in [0.4, 0.5) is 0 Å². The molecule has 0 aromatic heterocycles. The van der Waals surface area contributed by atoms with Gasteiger partial charge in [0.05, 0.1) is 4.91 Å². The fourth-order valence-corrected chi connectivity index (χ4v) is 6.06. The molecule has 0 bridgehead atoms. The van der Waals surface area contributed by atoms with Crippen LogP contribution in [0.25, 0.3) is 0 Å². The van der Waals surface area contributed by atoms with Crippen LogP contribution in [0.3, 0.4) is 0 Å². The molecule has 0 amide bonds. The zero-order valence-electron chi connectivity index (χ0n) is 16.1. The van der Waals surface area contributed by atoms with E-state index in [2.05, 4.69) is 10.2 Å². The van der Waals surface area contributed by atoms with E-state index in [0.29, 0.717) is 25.7 Å². The number of Topliss-reactive ketones (excluding diaryl/α,β-unsaturated/α-hetero) is 1. The molecule has 2 aromatic carbocycles. The van der Waals surface area contributed by atoms with Crippen LogP contribution in [0.5, 0.6) is 0 Å². The molecule has 2 aliphatic rings. The van der Waals surface area contributed by atoms with Crippen LogP contribution in [-0.2, 0) is 15.3 Å². The van der Waals surface area contributed by atoms with E-state index in [-0.39, 0.29) is 11.2 Å². The molecule has 2 heterocycles. The quantitative estimate of drug-likeness (QED) is 0.432. The summed E-state index contributed by atoms with van der Waals surface area (Å²) < 4.78 is 5.84. The Kier molecular flexibility index (Phi) is 7.55. The van der Waals surface area contributed by atoms with Crippen molar-refractivity contribution in [1.82, 2.24) is 0 Å². The smallest absolute Gasteiger partial charge is 0.202 e. The molecule has 1 saturated heterocycles. The Morgan fingerprint density at radius 2 is 1.93 bits per heavy atom. The van der Waals surface area contributed by atoms with Gasteiger partial charge in [0.2, 0.25) is 5.78 Å². The van der Waals surface area contributed by atoms with Crippen LogP contribution in [-0.4, -0.2) is 17.8 Å². The highest BCUT2D eigenvalue weighted by Gasteiger charge is 2.32. The number of hydrogen-bond acceptors (Lipinski definition) is 6. The summed E-state index contributed by atoms with van der Waals surface area (Å²) in [6, 6.07) is 14.3. The monoisotopic (exact) mass is 478 g/mol. The topological polar surface area (TPSA) is 51.0 Å². The van der Waals surface area contributed by atoms with E-state index in [0.717, 1.165) is 37.0 Å². The first kappa shape index (κ1) is 21.9. The van der Waals surface area contributed by atoms with Crippen molar-refractivity contribution in [3.05, 3.63) is 79.6 Å². The van der Waals surface area contributed by atoms with E-state index in [9.17, 15) is 4.79 Å². The van der Waals surface area contributed by atoms with Crippen molar-refractivity contribution in [1.29, 1.82) is 0 Å². The second kappa shape index (κ2) is 10.3. The van der Waals surface area contributed by atoms with E-state index in [1.807, 2.05) is 36.4 Å². The van der Waals surface area contributed by atoms with E-state index >= 15 is 0 Å². The molecule has 1 fully saturated rings. The van der Waals surface area contributed by atoms with Gasteiger partial charge in [-0.05, 0) is 42.5 Å². The van der Waals surface area contributed by atoms with Crippen molar-refractivity contribution in [2.75, 3.05) is 6.61 Å². The minimum absolute atomic E-state index is 0.00324. The third-order valence-corrected chi connectivity index (χ3v) is 7.81. The fraction of sp³-hybridized carbons (Fsp3) is 0.318. The van der Waals surface area contributed by atoms with Crippen molar-refractivity contribution in [2.24, 2.45) is 10.2 Å². The second-order valence-electron chi connectivity index (χ2n) is 6.97. The van der Waals surface area contributed by atoms with Crippen molar-refractivity contribution in [3.8, 4) is 0 Å². The Morgan fingerprint density at radius 3 is 2.67 bits per heavy atom. The van der Waals surface area contributed by atoms with Gasteiger partial charge in [-0.2, -0.15) is 5.11 Å². The summed E-state index contributed by atoms with van der Waals surface area (Å²) >= 11 is 15.3. The van der Waals surface area contributed by atoms with Gasteiger partial charge in [-0.25, -0.2) is 0 Å². The lowest BCUT2D eigenvalue weighted by Crippen LogP contribution is -2.19. The predicted molar refractivity (Wildman–Crippen MR) is 125 cm³/mol. The van der Waals surface area contributed by atoms with Gasteiger partial charge in [0.15, 0.2) is 6.04 Å². The Bertz CT molecular complexity index is 976. The van der Waals surface area contributed by atoms with Gasteiger partial charge in [-0.15, -0.1) is 16.9 Å². The molecule has 0 N–H and O–H groups in total. The number of carbonyl (C=O) groups excluding carboxylic acids is 1. The molecule has 2 unspecified atom stereocenters. The lowest BCUT2D eigenvalue weighted by Gasteiger charge is -2.24. The van der Waals surface area contributed by atoms with Crippen LogP contribution >= 0.6 is 46.7 Å². The maximum absolute atomic E-state index is 13.4. The van der Waals surface area contributed by atoms with Gasteiger partial charge in [0.1, 0.15) is 10.5 Å². The van der Waals surface area contributed by atoms with Crippen molar-refractivity contribution in [2.45, 2.75) is 36.5 Å². The number of carbonyl (C=O) groups is 1. The predicted octanol–water partition coefficient (Wildman–Crippen LogP) is 7.43. The van der Waals surface area contributed by atoms with Gasteiger partial charge >= 0.3 is 0 Å². The van der Waals surface area contributed by atoms with Crippen LogP contribution < -0.4 is 0 Å². The van der Waals surface area contributed by atoms with Crippen molar-refractivity contribution in [3.63, 3.8) is 0 Å². The van der Waals surface area contributed by atoms with Gasteiger partial charge in [-0.1, -0.05) is 71.4 Å². The molecule has 156 valence electrons. The first-order valence-corrected chi connectivity index (χ1v) is 12.3. The van der Waals surface area contributed by atoms with Crippen molar-refractivity contribution < 1.29 is 9.53 Å². The van der Waals surface area contributed by atoms with Gasteiger partial charge in [0, 0.05) is 22.4 Å². The third-order valence-electron chi connectivity index (χ3n) is 4.81. The number of nitrogens with zero attached hydrogens (tertiary/aromatic N) is 2. The molecule has 2 atom stereocenters. The zero-order chi connectivity index (χ0) is 20.9. The lowest BCUT2D eigenvalue weighted by atomic mass is 10.0. The summed E-state index contributed by atoms with van der Waals surface area (Å²) in [6.45, 7) is 0.742. The third kappa shape index (κ3) is 5.29. The van der Waals surface area contributed by atoms with Gasteiger partial charge in [0.25, 0.3) is 0 Å². The van der Waals surface area contributed by atoms with Crippen molar-refractivity contribution >= 4 is 52.5 Å². The summed E-state index contributed by atoms with van der Waals surface area (Å²) in [5, 5.41) is 10.6. The Labute approximate surface area is 194 Å². The number of ketones is 1. The van der Waals surface area contributed by atoms with Crippen LogP contribution in [0.1, 0.15) is 36.4 Å². The van der Waals surface area contributed by atoms with Gasteiger partial charge < -0.3 is 4.74 Å². The molecule has 0 radical (unpaired) electrons. The van der Waals surface area contributed by atoms with E-state index < -0.39 is 6.04 Å². The number of benzene rings is 2. The number of hydrogen-bond donors (Lipinski definition) is 0. The number of azo groups is 1. The Balaban J connectivity index is 1.59. The minimum atomic E-state index is -0.619. The molecule has 0 spiro atoms. The standard InChI is InChI=1S/C22H20Cl2N2O2S2/c23-16-10-9-15(17(24)12-16)13-29-21-20(27)19(14-6-2-1-3-7-14)25-26-22(21)30-18-8-4-5-11-28-18/h1-3,6-7,9-10,12,18-19H,4-5,8,11,13H2.